The number of amides is 2. The van der Waals surface area contributed by atoms with Gasteiger partial charge in [-0.2, -0.15) is 0 Å². The number of carboxylic acids is 1. The molecular formula is C16H20ClF2N3O3. The third kappa shape index (κ3) is 5.27. The van der Waals surface area contributed by atoms with Gasteiger partial charge in [-0.25, -0.2) is 13.6 Å². The van der Waals surface area contributed by atoms with Crippen LogP contribution in [0.5, 0.6) is 0 Å². The second-order valence-corrected chi connectivity index (χ2v) is 6.37. The van der Waals surface area contributed by atoms with Crippen molar-refractivity contribution < 1.29 is 23.5 Å². The second kappa shape index (κ2) is 8.44. The number of likely N-dealkylation sites (N-methyl/N-ethyl adjacent to an activating group) is 1. The van der Waals surface area contributed by atoms with Crippen LogP contribution in [-0.2, 0) is 11.3 Å². The summed E-state index contributed by atoms with van der Waals surface area (Å²) in [6.45, 7) is 2.32. The van der Waals surface area contributed by atoms with Crippen LogP contribution < -0.4 is 10.6 Å². The number of carbonyl (C=O) groups excluding carboxylic acids is 1. The predicted molar refractivity (Wildman–Crippen MR) is 88.4 cm³/mol. The Morgan fingerprint density at radius 3 is 2.60 bits per heavy atom. The highest BCUT2D eigenvalue weighted by molar-refractivity contribution is 6.30. The number of rotatable bonds is 7. The highest BCUT2D eigenvalue weighted by atomic mass is 35.5. The van der Waals surface area contributed by atoms with Crippen molar-refractivity contribution in [2.75, 3.05) is 13.1 Å². The van der Waals surface area contributed by atoms with Crippen LogP contribution in [-0.4, -0.2) is 47.2 Å². The zero-order chi connectivity index (χ0) is 18.6. The molecule has 0 radical (unpaired) electrons. The maximum Gasteiger partial charge on any atom is 0.317 e. The molecular weight excluding hydrogens is 356 g/mol. The molecule has 1 aliphatic carbocycles. The number of aliphatic carboxylic acids is 1. The van der Waals surface area contributed by atoms with Crippen molar-refractivity contribution in [3.63, 3.8) is 0 Å². The van der Waals surface area contributed by atoms with Gasteiger partial charge in [0.15, 0.2) is 0 Å². The molecule has 0 bridgehead atoms. The Bertz CT molecular complexity index is 654. The van der Waals surface area contributed by atoms with Crippen LogP contribution in [0.15, 0.2) is 12.1 Å². The number of hydrogen-bond donors (Lipinski definition) is 3. The van der Waals surface area contributed by atoms with Crippen LogP contribution >= 0.6 is 11.6 Å². The van der Waals surface area contributed by atoms with Gasteiger partial charge in [-0.15, -0.1) is 0 Å². The lowest BCUT2D eigenvalue weighted by Gasteiger charge is -2.42. The fraction of sp³-hybridized carbons (Fsp3) is 0.500. The van der Waals surface area contributed by atoms with E-state index >= 15 is 0 Å². The van der Waals surface area contributed by atoms with Crippen molar-refractivity contribution in [3.8, 4) is 0 Å². The summed E-state index contributed by atoms with van der Waals surface area (Å²) in [4.78, 5) is 24.4. The standard InChI is InChI=1S/C16H20ClF2N3O3/c1-2-22(8-15(23)24)11-4-10(5-11)21-16(25)20-7-9-3-14(19)12(17)6-13(9)18/h3,6,10-11H,2,4-5,7-8H2,1H3,(H,23,24)(H2,20,21,25). The van der Waals surface area contributed by atoms with E-state index in [9.17, 15) is 18.4 Å². The summed E-state index contributed by atoms with van der Waals surface area (Å²) in [5, 5.41) is 13.7. The molecule has 2 amide bonds. The molecule has 1 saturated carbocycles. The van der Waals surface area contributed by atoms with Gasteiger partial charge in [0.05, 0.1) is 11.6 Å². The van der Waals surface area contributed by atoms with E-state index in [4.69, 9.17) is 16.7 Å². The number of hydrogen-bond acceptors (Lipinski definition) is 3. The van der Waals surface area contributed by atoms with Gasteiger partial charge in [-0.3, -0.25) is 9.69 Å². The van der Waals surface area contributed by atoms with Gasteiger partial charge in [-0.05, 0) is 31.5 Å². The Morgan fingerprint density at radius 1 is 1.32 bits per heavy atom. The molecule has 9 heteroatoms. The third-order valence-electron chi connectivity index (χ3n) is 4.24. The Labute approximate surface area is 149 Å². The molecule has 0 aromatic heterocycles. The van der Waals surface area contributed by atoms with Gasteiger partial charge in [0.1, 0.15) is 11.6 Å². The molecule has 0 heterocycles. The van der Waals surface area contributed by atoms with E-state index in [0.717, 1.165) is 12.1 Å². The van der Waals surface area contributed by atoms with Crippen molar-refractivity contribution in [1.82, 2.24) is 15.5 Å². The maximum absolute atomic E-state index is 13.6. The number of nitrogens with one attached hydrogen (secondary N) is 2. The van der Waals surface area contributed by atoms with Crippen LogP contribution in [0.1, 0.15) is 25.3 Å². The number of nitrogens with zero attached hydrogens (tertiary/aromatic N) is 1. The zero-order valence-corrected chi connectivity index (χ0v) is 14.4. The first-order valence-electron chi connectivity index (χ1n) is 7.93. The molecule has 1 aromatic carbocycles. The molecule has 0 saturated heterocycles. The Balaban J connectivity index is 1.75. The van der Waals surface area contributed by atoms with Crippen LogP contribution in [0, 0.1) is 11.6 Å². The minimum Gasteiger partial charge on any atom is -0.480 e. The van der Waals surface area contributed by atoms with E-state index in [-0.39, 0.29) is 35.8 Å². The van der Waals surface area contributed by atoms with E-state index in [1.165, 1.54) is 0 Å². The van der Waals surface area contributed by atoms with Crippen LogP contribution in [0.3, 0.4) is 0 Å². The van der Waals surface area contributed by atoms with Crippen molar-refractivity contribution in [2.24, 2.45) is 0 Å². The molecule has 3 N–H and O–H groups in total. The normalized spacial score (nSPS) is 19.4. The van der Waals surface area contributed by atoms with Crippen molar-refractivity contribution in [2.45, 2.75) is 38.4 Å². The van der Waals surface area contributed by atoms with Crippen LogP contribution in [0.4, 0.5) is 13.6 Å². The smallest absolute Gasteiger partial charge is 0.317 e. The quantitative estimate of drug-likeness (QED) is 0.639. The minimum atomic E-state index is -0.881. The monoisotopic (exact) mass is 375 g/mol. The Kier molecular flexibility index (Phi) is 6.55. The first-order chi connectivity index (χ1) is 11.8. The van der Waals surface area contributed by atoms with E-state index in [2.05, 4.69) is 10.6 Å². The fourth-order valence-electron chi connectivity index (χ4n) is 2.79. The number of benzene rings is 1. The molecule has 0 unspecified atom stereocenters. The zero-order valence-electron chi connectivity index (χ0n) is 13.7. The van der Waals surface area contributed by atoms with Gasteiger partial charge >= 0.3 is 12.0 Å². The first kappa shape index (κ1) is 19.4. The second-order valence-electron chi connectivity index (χ2n) is 5.96. The van der Waals surface area contributed by atoms with Crippen molar-refractivity contribution in [3.05, 3.63) is 34.4 Å². The summed E-state index contributed by atoms with van der Waals surface area (Å²) in [5.41, 5.74) is 0.00199. The molecule has 1 aromatic rings. The Morgan fingerprint density at radius 2 is 2.00 bits per heavy atom. The SMILES string of the molecule is CCN(CC(=O)O)C1CC(NC(=O)NCc2cc(F)c(Cl)cc2F)C1. The molecule has 0 spiro atoms. The number of carboxylic acid groups (broad SMARTS) is 1. The summed E-state index contributed by atoms with van der Waals surface area (Å²) < 4.78 is 27.0. The molecule has 2 rings (SSSR count). The number of halogens is 3. The summed E-state index contributed by atoms with van der Waals surface area (Å²) in [6, 6.07) is 1.38. The lowest BCUT2D eigenvalue weighted by atomic mass is 9.85. The van der Waals surface area contributed by atoms with Gasteiger partial charge in [0, 0.05) is 24.2 Å². The lowest BCUT2D eigenvalue weighted by Crippen LogP contribution is -2.56. The van der Waals surface area contributed by atoms with Crippen molar-refractivity contribution in [1.29, 1.82) is 0 Å². The van der Waals surface area contributed by atoms with Gasteiger partial charge in [-0.1, -0.05) is 18.5 Å². The highest BCUT2D eigenvalue weighted by Gasteiger charge is 2.34. The molecule has 0 aliphatic heterocycles. The van der Waals surface area contributed by atoms with Gasteiger partial charge in [0.25, 0.3) is 0 Å². The van der Waals surface area contributed by atoms with Gasteiger partial charge < -0.3 is 15.7 Å². The summed E-state index contributed by atoms with van der Waals surface area (Å²) in [7, 11) is 0. The maximum atomic E-state index is 13.6. The average Bonchev–Trinajstić information content (AvgIpc) is 2.50. The minimum absolute atomic E-state index is 0.00199. The third-order valence-corrected chi connectivity index (χ3v) is 4.53. The first-order valence-corrected chi connectivity index (χ1v) is 8.31. The average molecular weight is 376 g/mol. The molecule has 0 atom stereocenters. The predicted octanol–water partition coefficient (Wildman–Crippen LogP) is 2.35. The number of urea groups is 1. The summed E-state index contributed by atoms with van der Waals surface area (Å²) in [5.74, 6) is -2.32. The number of carbonyl (C=O) groups is 2. The molecule has 25 heavy (non-hydrogen) atoms. The topological polar surface area (TPSA) is 81.7 Å². The van der Waals surface area contributed by atoms with E-state index < -0.39 is 23.6 Å². The summed E-state index contributed by atoms with van der Waals surface area (Å²) >= 11 is 5.47. The van der Waals surface area contributed by atoms with Crippen LogP contribution in [0.2, 0.25) is 5.02 Å². The molecule has 6 nitrogen and oxygen atoms in total. The highest BCUT2D eigenvalue weighted by Crippen LogP contribution is 2.25. The molecule has 138 valence electrons. The molecule has 1 aliphatic rings. The van der Waals surface area contributed by atoms with Crippen molar-refractivity contribution >= 4 is 23.6 Å². The lowest BCUT2D eigenvalue weighted by molar-refractivity contribution is -0.139. The molecule has 1 fully saturated rings. The largest absolute Gasteiger partial charge is 0.480 e. The van der Waals surface area contributed by atoms with Gasteiger partial charge in [0.2, 0.25) is 0 Å². The van der Waals surface area contributed by atoms with E-state index in [1.807, 2.05) is 11.8 Å². The summed E-state index contributed by atoms with van der Waals surface area (Å²) in [6.07, 6.45) is 1.30. The fourth-order valence-corrected chi connectivity index (χ4v) is 2.94. The van der Waals surface area contributed by atoms with E-state index in [0.29, 0.717) is 19.4 Å². The Hall–Kier alpha value is -1.93. The van der Waals surface area contributed by atoms with E-state index in [1.54, 1.807) is 0 Å². The van der Waals surface area contributed by atoms with Crippen LogP contribution in [0.25, 0.3) is 0 Å².